The number of carbonyl (C=O) groups excluding carboxylic acids is 1. The molecule has 1 aromatic heterocycles. The SMILES string of the molecule is N#Cc1ccc(-c2ccc(-n3c(CC4CCN(C(=O)C5CC5)C4)n[nH]c3=O)cc2)cc1. The van der Waals surface area contributed by atoms with Crippen molar-refractivity contribution in [2.45, 2.75) is 25.7 Å². The van der Waals surface area contributed by atoms with Crippen molar-refractivity contribution >= 4 is 5.91 Å². The summed E-state index contributed by atoms with van der Waals surface area (Å²) >= 11 is 0. The zero-order valence-electron chi connectivity index (χ0n) is 17.1. The summed E-state index contributed by atoms with van der Waals surface area (Å²) in [4.78, 5) is 26.8. The van der Waals surface area contributed by atoms with Crippen molar-refractivity contribution in [3.63, 3.8) is 0 Å². The average molecular weight is 413 g/mol. The van der Waals surface area contributed by atoms with Gasteiger partial charge in [0.1, 0.15) is 5.82 Å². The van der Waals surface area contributed by atoms with Crippen LogP contribution in [-0.4, -0.2) is 38.7 Å². The maximum Gasteiger partial charge on any atom is 0.347 e. The molecule has 1 unspecified atom stereocenters. The molecule has 2 fully saturated rings. The van der Waals surface area contributed by atoms with Gasteiger partial charge in [-0.1, -0.05) is 24.3 Å². The van der Waals surface area contributed by atoms with Crippen molar-refractivity contribution in [2.75, 3.05) is 13.1 Å². The molecule has 2 heterocycles. The lowest BCUT2D eigenvalue weighted by molar-refractivity contribution is -0.131. The zero-order chi connectivity index (χ0) is 21.4. The summed E-state index contributed by atoms with van der Waals surface area (Å²) in [6.45, 7) is 1.54. The molecule has 2 aliphatic rings. The first-order valence-corrected chi connectivity index (χ1v) is 10.7. The van der Waals surface area contributed by atoms with Crippen molar-refractivity contribution in [3.8, 4) is 22.9 Å². The van der Waals surface area contributed by atoms with Gasteiger partial charge in [-0.25, -0.2) is 14.5 Å². The van der Waals surface area contributed by atoms with E-state index in [4.69, 9.17) is 5.26 Å². The number of hydrogen-bond donors (Lipinski definition) is 1. The van der Waals surface area contributed by atoms with E-state index in [-0.39, 0.29) is 11.6 Å². The summed E-state index contributed by atoms with van der Waals surface area (Å²) < 4.78 is 1.62. The van der Waals surface area contributed by atoms with Crippen LogP contribution in [0.1, 0.15) is 30.7 Å². The van der Waals surface area contributed by atoms with Crippen LogP contribution in [0.2, 0.25) is 0 Å². The van der Waals surface area contributed by atoms with Gasteiger partial charge in [-0.15, -0.1) is 0 Å². The molecule has 1 atom stereocenters. The Morgan fingerprint density at radius 1 is 1.06 bits per heavy atom. The normalized spacial score (nSPS) is 18.2. The number of nitriles is 1. The van der Waals surface area contributed by atoms with Gasteiger partial charge in [-0.3, -0.25) is 4.79 Å². The third-order valence-electron chi connectivity index (χ3n) is 6.21. The molecule has 1 saturated heterocycles. The molecule has 1 aliphatic heterocycles. The number of aromatic nitrogens is 3. The number of H-pyrrole nitrogens is 1. The summed E-state index contributed by atoms with van der Waals surface area (Å²) in [6.07, 6.45) is 3.65. The fraction of sp³-hybridized carbons (Fsp3) is 0.333. The van der Waals surface area contributed by atoms with Crippen molar-refractivity contribution in [1.82, 2.24) is 19.7 Å². The van der Waals surface area contributed by atoms with Crippen LogP contribution in [0.25, 0.3) is 16.8 Å². The second-order valence-corrected chi connectivity index (χ2v) is 8.43. The van der Waals surface area contributed by atoms with Crippen LogP contribution in [0.5, 0.6) is 0 Å². The predicted molar refractivity (Wildman–Crippen MR) is 115 cm³/mol. The minimum atomic E-state index is -0.259. The van der Waals surface area contributed by atoms with Crippen LogP contribution in [0, 0.1) is 23.2 Å². The molecule has 7 heteroatoms. The second-order valence-electron chi connectivity index (χ2n) is 8.43. The monoisotopic (exact) mass is 413 g/mol. The average Bonchev–Trinajstić information content (AvgIpc) is 3.45. The van der Waals surface area contributed by atoms with Crippen molar-refractivity contribution in [1.29, 1.82) is 5.26 Å². The maximum absolute atomic E-state index is 12.5. The number of nitrogens with one attached hydrogen (secondary N) is 1. The van der Waals surface area contributed by atoms with E-state index in [2.05, 4.69) is 16.3 Å². The molecule has 7 nitrogen and oxygen atoms in total. The van der Waals surface area contributed by atoms with Crippen LogP contribution < -0.4 is 5.69 Å². The van der Waals surface area contributed by atoms with Gasteiger partial charge in [0.15, 0.2) is 0 Å². The summed E-state index contributed by atoms with van der Waals surface area (Å²) in [7, 11) is 0. The number of likely N-dealkylation sites (tertiary alicyclic amines) is 1. The minimum Gasteiger partial charge on any atom is -0.342 e. The highest BCUT2D eigenvalue weighted by Gasteiger charge is 2.36. The zero-order valence-corrected chi connectivity index (χ0v) is 17.1. The van der Waals surface area contributed by atoms with Crippen LogP contribution in [0.4, 0.5) is 0 Å². The van der Waals surface area contributed by atoms with Crippen LogP contribution >= 0.6 is 0 Å². The summed E-state index contributed by atoms with van der Waals surface area (Å²) in [5.74, 6) is 1.55. The molecular formula is C24H23N5O2. The van der Waals surface area contributed by atoms with Crippen LogP contribution in [-0.2, 0) is 11.2 Å². The highest BCUT2D eigenvalue weighted by molar-refractivity contribution is 5.81. The Labute approximate surface area is 179 Å². The molecule has 31 heavy (non-hydrogen) atoms. The minimum absolute atomic E-state index is 0.247. The third-order valence-corrected chi connectivity index (χ3v) is 6.21. The summed E-state index contributed by atoms with van der Waals surface area (Å²) in [5, 5.41) is 15.8. The lowest BCUT2D eigenvalue weighted by Crippen LogP contribution is -2.30. The van der Waals surface area contributed by atoms with E-state index in [0.717, 1.165) is 49.2 Å². The highest BCUT2D eigenvalue weighted by Crippen LogP contribution is 2.33. The Morgan fingerprint density at radius 3 is 2.39 bits per heavy atom. The molecule has 5 rings (SSSR count). The number of amides is 1. The van der Waals surface area contributed by atoms with Crippen LogP contribution in [0.15, 0.2) is 53.3 Å². The lowest BCUT2D eigenvalue weighted by Gasteiger charge is -2.16. The lowest BCUT2D eigenvalue weighted by atomic mass is 10.0. The molecule has 0 bridgehead atoms. The first-order chi connectivity index (χ1) is 15.1. The van der Waals surface area contributed by atoms with Gasteiger partial charge < -0.3 is 4.90 Å². The fourth-order valence-electron chi connectivity index (χ4n) is 4.32. The summed E-state index contributed by atoms with van der Waals surface area (Å²) in [5.41, 5.74) is 3.15. The van der Waals surface area contributed by atoms with E-state index in [0.29, 0.717) is 29.6 Å². The molecule has 0 spiro atoms. The first kappa shape index (κ1) is 19.3. The third kappa shape index (κ3) is 3.89. The highest BCUT2D eigenvalue weighted by atomic mass is 16.2. The number of nitrogens with zero attached hydrogens (tertiary/aromatic N) is 4. The first-order valence-electron chi connectivity index (χ1n) is 10.7. The number of hydrogen-bond acceptors (Lipinski definition) is 4. The van der Waals surface area contributed by atoms with Gasteiger partial charge in [0, 0.05) is 25.4 Å². The molecule has 0 radical (unpaired) electrons. The van der Waals surface area contributed by atoms with Gasteiger partial charge in [-0.05, 0) is 60.6 Å². The van der Waals surface area contributed by atoms with E-state index >= 15 is 0 Å². The molecule has 3 aromatic rings. The van der Waals surface area contributed by atoms with Crippen LogP contribution in [0.3, 0.4) is 0 Å². The van der Waals surface area contributed by atoms with Gasteiger partial charge in [0.25, 0.3) is 0 Å². The van der Waals surface area contributed by atoms with Gasteiger partial charge in [0.05, 0.1) is 17.3 Å². The van der Waals surface area contributed by atoms with E-state index in [1.165, 1.54) is 0 Å². The largest absolute Gasteiger partial charge is 0.347 e. The number of carbonyl (C=O) groups is 1. The second kappa shape index (κ2) is 7.88. The molecule has 1 saturated carbocycles. The quantitative estimate of drug-likeness (QED) is 0.696. The molecule has 1 aliphatic carbocycles. The molecule has 1 amide bonds. The Balaban J connectivity index is 1.33. The van der Waals surface area contributed by atoms with Crippen molar-refractivity contribution in [2.24, 2.45) is 11.8 Å². The molecule has 2 aromatic carbocycles. The Hall–Kier alpha value is -3.66. The summed E-state index contributed by atoms with van der Waals surface area (Å²) in [6, 6.07) is 17.3. The fourth-order valence-corrected chi connectivity index (χ4v) is 4.32. The van der Waals surface area contributed by atoms with Gasteiger partial charge >= 0.3 is 5.69 Å². The van der Waals surface area contributed by atoms with Crippen molar-refractivity contribution in [3.05, 3.63) is 70.4 Å². The van der Waals surface area contributed by atoms with E-state index < -0.39 is 0 Å². The van der Waals surface area contributed by atoms with E-state index in [1.807, 2.05) is 41.3 Å². The Kier molecular flexibility index (Phi) is 4.91. The Bertz CT molecular complexity index is 1200. The topological polar surface area (TPSA) is 94.8 Å². The number of benzene rings is 2. The Morgan fingerprint density at radius 2 is 1.74 bits per heavy atom. The van der Waals surface area contributed by atoms with E-state index in [1.54, 1.807) is 16.7 Å². The standard InChI is InChI=1S/C24H23N5O2/c25-14-16-1-3-18(4-2-16)19-7-9-21(10-8-19)29-22(26-27-24(29)31)13-17-11-12-28(15-17)23(30)20-5-6-20/h1-4,7-10,17,20H,5-6,11-13,15H2,(H,27,31). The van der Waals surface area contributed by atoms with Gasteiger partial charge in [-0.2, -0.15) is 10.4 Å². The number of aromatic amines is 1. The molecule has 156 valence electrons. The molecular weight excluding hydrogens is 390 g/mol. The molecule has 1 N–H and O–H groups in total. The van der Waals surface area contributed by atoms with Gasteiger partial charge in [0.2, 0.25) is 5.91 Å². The number of rotatable bonds is 5. The maximum atomic E-state index is 12.5. The van der Waals surface area contributed by atoms with Crippen molar-refractivity contribution < 1.29 is 4.79 Å². The van der Waals surface area contributed by atoms with E-state index in [9.17, 15) is 9.59 Å². The predicted octanol–water partition coefficient (Wildman–Crippen LogP) is 2.90. The smallest absolute Gasteiger partial charge is 0.342 e.